The van der Waals surface area contributed by atoms with Crippen LogP contribution in [0.3, 0.4) is 0 Å². The maximum Gasteiger partial charge on any atom is 0.305 e. The second-order valence-electron chi connectivity index (χ2n) is 5.07. The van der Waals surface area contributed by atoms with Gasteiger partial charge in [0.05, 0.1) is 13.2 Å². The van der Waals surface area contributed by atoms with Crippen molar-refractivity contribution in [1.82, 2.24) is 10.0 Å². The molecule has 0 bridgehead atoms. The fourth-order valence-corrected chi connectivity index (χ4v) is 1.84. The van der Waals surface area contributed by atoms with E-state index in [1.807, 2.05) is 21.0 Å². The van der Waals surface area contributed by atoms with E-state index in [-0.39, 0.29) is 11.9 Å². The van der Waals surface area contributed by atoms with Gasteiger partial charge in [0.15, 0.2) is 0 Å². The maximum atomic E-state index is 11.2. The summed E-state index contributed by atoms with van der Waals surface area (Å²) in [5.41, 5.74) is 0. The third kappa shape index (κ3) is 12.3. The standard InChI is InChI=1S/C15H30N2O4/c1-5-20-15(19)10-6-7-11-16(3)17(4)12-8-9-13-21-14(2)18/h5-13H2,1-4H3. The number of unbranched alkanes of at least 4 members (excludes halogenated alkanes) is 2. The molecular formula is C15H30N2O4. The summed E-state index contributed by atoms with van der Waals surface area (Å²) in [7, 11) is 4.08. The summed E-state index contributed by atoms with van der Waals surface area (Å²) in [5, 5.41) is 4.30. The van der Waals surface area contributed by atoms with E-state index in [4.69, 9.17) is 9.47 Å². The lowest BCUT2D eigenvalue weighted by atomic mass is 10.2. The van der Waals surface area contributed by atoms with Crippen LogP contribution < -0.4 is 0 Å². The number of ether oxygens (including phenoxy) is 2. The molecule has 0 fully saturated rings. The second-order valence-corrected chi connectivity index (χ2v) is 5.07. The largest absolute Gasteiger partial charge is 0.466 e. The molecular weight excluding hydrogens is 272 g/mol. The number of nitrogens with zero attached hydrogens (tertiary/aromatic N) is 2. The van der Waals surface area contributed by atoms with Gasteiger partial charge in [-0.25, -0.2) is 10.0 Å². The molecule has 0 spiro atoms. The van der Waals surface area contributed by atoms with Crippen LogP contribution in [0.1, 0.15) is 46.0 Å². The Morgan fingerprint density at radius 3 is 2.00 bits per heavy atom. The fourth-order valence-electron chi connectivity index (χ4n) is 1.84. The van der Waals surface area contributed by atoms with Gasteiger partial charge < -0.3 is 9.47 Å². The first-order valence-corrected chi connectivity index (χ1v) is 7.68. The van der Waals surface area contributed by atoms with E-state index in [2.05, 4.69) is 10.0 Å². The Morgan fingerprint density at radius 1 is 0.905 bits per heavy atom. The zero-order valence-electron chi connectivity index (χ0n) is 13.9. The molecule has 0 aliphatic heterocycles. The molecule has 0 aromatic carbocycles. The molecule has 0 radical (unpaired) electrons. The molecule has 0 amide bonds. The SMILES string of the molecule is CCOC(=O)CCCCN(C)N(C)CCCCOC(C)=O. The molecule has 0 aliphatic rings. The summed E-state index contributed by atoms with van der Waals surface area (Å²) in [4.78, 5) is 21.8. The molecule has 0 heterocycles. The van der Waals surface area contributed by atoms with Crippen LogP contribution in [0.2, 0.25) is 0 Å². The smallest absolute Gasteiger partial charge is 0.305 e. The summed E-state index contributed by atoms with van der Waals surface area (Å²) in [6.45, 7) is 6.04. The minimum atomic E-state index is -0.220. The maximum absolute atomic E-state index is 11.2. The van der Waals surface area contributed by atoms with Gasteiger partial charge in [0.2, 0.25) is 0 Å². The Kier molecular flexibility index (Phi) is 11.9. The van der Waals surface area contributed by atoms with Gasteiger partial charge >= 0.3 is 11.9 Å². The van der Waals surface area contributed by atoms with Gasteiger partial charge in [0.25, 0.3) is 0 Å². The van der Waals surface area contributed by atoms with E-state index in [0.29, 0.717) is 19.6 Å². The van der Waals surface area contributed by atoms with E-state index >= 15 is 0 Å². The molecule has 0 unspecified atom stereocenters. The van der Waals surface area contributed by atoms with Crippen LogP contribution in [-0.4, -0.2) is 62.4 Å². The van der Waals surface area contributed by atoms with E-state index < -0.39 is 0 Å². The Hall–Kier alpha value is -1.14. The van der Waals surface area contributed by atoms with Crippen molar-refractivity contribution in [3.63, 3.8) is 0 Å². The molecule has 6 nitrogen and oxygen atoms in total. The summed E-state index contributed by atoms with van der Waals surface area (Å²) in [6.07, 6.45) is 4.17. The lowest BCUT2D eigenvalue weighted by molar-refractivity contribution is -0.143. The first-order valence-electron chi connectivity index (χ1n) is 7.68. The minimum absolute atomic E-state index is 0.112. The molecule has 0 atom stereocenters. The lowest BCUT2D eigenvalue weighted by Gasteiger charge is -2.28. The molecule has 21 heavy (non-hydrogen) atoms. The van der Waals surface area contributed by atoms with E-state index in [1.165, 1.54) is 6.92 Å². The zero-order valence-corrected chi connectivity index (χ0v) is 13.9. The van der Waals surface area contributed by atoms with Gasteiger partial charge in [-0.1, -0.05) is 0 Å². The number of esters is 2. The van der Waals surface area contributed by atoms with Crippen LogP contribution in [0.4, 0.5) is 0 Å². The molecule has 0 aromatic rings. The number of hydrogen-bond acceptors (Lipinski definition) is 6. The van der Waals surface area contributed by atoms with Crippen molar-refractivity contribution < 1.29 is 19.1 Å². The van der Waals surface area contributed by atoms with Crippen molar-refractivity contribution >= 4 is 11.9 Å². The van der Waals surface area contributed by atoms with E-state index in [9.17, 15) is 9.59 Å². The van der Waals surface area contributed by atoms with Gasteiger partial charge in [-0.05, 0) is 32.6 Å². The first kappa shape index (κ1) is 19.9. The van der Waals surface area contributed by atoms with Gasteiger partial charge in [-0.15, -0.1) is 0 Å². The number of hydrogen-bond donors (Lipinski definition) is 0. The van der Waals surface area contributed by atoms with Crippen molar-refractivity contribution in [2.75, 3.05) is 40.4 Å². The van der Waals surface area contributed by atoms with Gasteiger partial charge in [-0.3, -0.25) is 9.59 Å². The summed E-state index contributed by atoms with van der Waals surface area (Å²) < 4.78 is 9.78. The molecule has 124 valence electrons. The monoisotopic (exact) mass is 302 g/mol. The number of rotatable bonds is 12. The van der Waals surface area contributed by atoms with Crippen LogP contribution >= 0.6 is 0 Å². The molecule has 0 saturated carbocycles. The van der Waals surface area contributed by atoms with Gasteiger partial charge in [0, 0.05) is 40.5 Å². The van der Waals surface area contributed by atoms with Crippen molar-refractivity contribution in [3.05, 3.63) is 0 Å². The predicted octanol–water partition coefficient (Wildman–Crippen LogP) is 1.84. The Labute approximate surface area is 128 Å². The summed E-state index contributed by atoms with van der Waals surface area (Å²) in [5.74, 6) is -0.332. The van der Waals surface area contributed by atoms with Crippen LogP contribution in [0, 0.1) is 0 Å². The van der Waals surface area contributed by atoms with Crippen molar-refractivity contribution in [2.45, 2.75) is 46.0 Å². The fraction of sp³-hybridized carbons (Fsp3) is 0.867. The van der Waals surface area contributed by atoms with Crippen molar-refractivity contribution in [2.24, 2.45) is 0 Å². The molecule has 0 rings (SSSR count). The van der Waals surface area contributed by atoms with Gasteiger partial charge in [0.1, 0.15) is 0 Å². The Balaban J connectivity index is 3.54. The highest BCUT2D eigenvalue weighted by molar-refractivity contribution is 5.69. The molecule has 0 aliphatic carbocycles. The number of carbonyl (C=O) groups is 2. The normalized spacial score (nSPS) is 11.0. The van der Waals surface area contributed by atoms with Gasteiger partial charge in [-0.2, -0.15) is 0 Å². The van der Waals surface area contributed by atoms with Crippen molar-refractivity contribution in [1.29, 1.82) is 0 Å². The van der Waals surface area contributed by atoms with E-state index in [0.717, 1.165) is 38.8 Å². The van der Waals surface area contributed by atoms with Crippen LogP contribution in [-0.2, 0) is 19.1 Å². The highest BCUT2D eigenvalue weighted by atomic mass is 16.5. The lowest BCUT2D eigenvalue weighted by Crippen LogP contribution is -2.38. The predicted molar refractivity (Wildman–Crippen MR) is 81.6 cm³/mol. The highest BCUT2D eigenvalue weighted by Gasteiger charge is 2.07. The van der Waals surface area contributed by atoms with Crippen LogP contribution in [0.15, 0.2) is 0 Å². The van der Waals surface area contributed by atoms with Crippen LogP contribution in [0.5, 0.6) is 0 Å². The molecule has 0 saturated heterocycles. The number of hydrazine groups is 1. The topological polar surface area (TPSA) is 59.1 Å². The minimum Gasteiger partial charge on any atom is -0.466 e. The average Bonchev–Trinajstić information content (AvgIpc) is 2.42. The second kappa shape index (κ2) is 12.6. The third-order valence-corrected chi connectivity index (χ3v) is 3.18. The third-order valence-electron chi connectivity index (χ3n) is 3.18. The molecule has 0 aromatic heterocycles. The molecule has 0 N–H and O–H groups in total. The van der Waals surface area contributed by atoms with Crippen molar-refractivity contribution in [3.8, 4) is 0 Å². The zero-order chi connectivity index (χ0) is 16.1. The quantitative estimate of drug-likeness (QED) is 0.311. The molecule has 6 heteroatoms. The highest BCUT2D eigenvalue weighted by Crippen LogP contribution is 2.02. The average molecular weight is 302 g/mol. The first-order chi connectivity index (χ1) is 9.97. The summed E-state index contributed by atoms with van der Waals surface area (Å²) >= 11 is 0. The Bertz CT molecular complexity index is 297. The summed E-state index contributed by atoms with van der Waals surface area (Å²) in [6, 6.07) is 0. The van der Waals surface area contributed by atoms with Crippen LogP contribution in [0.25, 0.3) is 0 Å². The number of carbonyl (C=O) groups excluding carboxylic acids is 2. The Morgan fingerprint density at radius 2 is 1.48 bits per heavy atom. The van der Waals surface area contributed by atoms with E-state index in [1.54, 1.807) is 0 Å².